The normalized spacial score (nSPS) is 11.4. The standard InChI is InChI=1S/C21H17N3O4/c1-13(20(26)17-12-23-18-5-3-2-4-16(17)18)28-21(27)14-6-8-15(9-7-14)24-19(25)10-11-22/h2-9,12-13,23H,10H2,1H3,(H,24,25). The molecule has 1 aromatic heterocycles. The summed E-state index contributed by atoms with van der Waals surface area (Å²) in [6.07, 6.45) is 0.398. The second-order valence-corrected chi connectivity index (χ2v) is 6.12. The summed E-state index contributed by atoms with van der Waals surface area (Å²) >= 11 is 0. The van der Waals surface area contributed by atoms with Gasteiger partial charge in [0.05, 0.1) is 11.6 Å². The Labute approximate surface area is 160 Å². The van der Waals surface area contributed by atoms with Gasteiger partial charge in [0, 0.05) is 28.4 Å². The third-order valence-corrected chi connectivity index (χ3v) is 4.15. The summed E-state index contributed by atoms with van der Waals surface area (Å²) < 4.78 is 5.30. The monoisotopic (exact) mass is 375 g/mol. The van der Waals surface area contributed by atoms with Crippen LogP contribution in [0.15, 0.2) is 54.7 Å². The number of hydrogen-bond donors (Lipinski definition) is 2. The summed E-state index contributed by atoms with van der Waals surface area (Å²) in [4.78, 5) is 39.4. The maximum Gasteiger partial charge on any atom is 0.338 e. The summed E-state index contributed by atoms with van der Waals surface area (Å²) in [6.45, 7) is 1.53. The van der Waals surface area contributed by atoms with E-state index in [9.17, 15) is 14.4 Å². The zero-order valence-corrected chi connectivity index (χ0v) is 15.1. The molecule has 1 atom stereocenters. The topological polar surface area (TPSA) is 112 Å². The van der Waals surface area contributed by atoms with Crippen molar-refractivity contribution < 1.29 is 19.1 Å². The lowest BCUT2D eigenvalue weighted by Crippen LogP contribution is -2.24. The van der Waals surface area contributed by atoms with E-state index < -0.39 is 18.0 Å². The number of aromatic nitrogens is 1. The number of hydrogen-bond acceptors (Lipinski definition) is 5. The largest absolute Gasteiger partial charge is 0.451 e. The van der Waals surface area contributed by atoms with Crippen LogP contribution < -0.4 is 5.32 Å². The van der Waals surface area contributed by atoms with E-state index in [1.54, 1.807) is 12.3 Å². The number of rotatable bonds is 6. The highest BCUT2D eigenvalue weighted by atomic mass is 16.5. The Kier molecular flexibility index (Phi) is 5.51. The Bertz CT molecular complexity index is 1080. The van der Waals surface area contributed by atoms with Crippen molar-refractivity contribution in [2.24, 2.45) is 0 Å². The van der Waals surface area contributed by atoms with E-state index in [0.717, 1.165) is 10.9 Å². The number of benzene rings is 2. The van der Waals surface area contributed by atoms with Gasteiger partial charge in [0.15, 0.2) is 6.10 Å². The van der Waals surface area contributed by atoms with Crippen molar-refractivity contribution >= 4 is 34.3 Å². The molecule has 3 aromatic rings. The number of anilines is 1. The van der Waals surface area contributed by atoms with Crippen LogP contribution in [0.25, 0.3) is 10.9 Å². The van der Waals surface area contributed by atoms with Gasteiger partial charge in [-0.15, -0.1) is 0 Å². The average Bonchev–Trinajstić information content (AvgIpc) is 3.12. The lowest BCUT2D eigenvalue weighted by molar-refractivity contribution is -0.115. The number of ether oxygens (including phenoxy) is 1. The number of carbonyl (C=O) groups is 3. The van der Waals surface area contributed by atoms with Gasteiger partial charge >= 0.3 is 5.97 Å². The molecule has 0 saturated heterocycles. The van der Waals surface area contributed by atoms with Crippen molar-refractivity contribution in [3.63, 3.8) is 0 Å². The lowest BCUT2D eigenvalue weighted by atomic mass is 10.1. The first-order chi connectivity index (χ1) is 13.5. The first-order valence-electron chi connectivity index (χ1n) is 8.58. The van der Waals surface area contributed by atoms with Crippen molar-refractivity contribution in [2.75, 3.05) is 5.32 Å². The molecule has 7 nitrogen and oxygen atoms in total. The number of nitrogens with zero attached hydrogens (tertiary/aromatic N) is 1. The van der Waals surface area contributed by atoms with Crippen LogP contribution in [-0.2, 0) is 9.53 Å². The van der Waals surface area contributed by atoms with Crippen LogP contribution in [0.5, 0.6) is 0 Å². The first-order valence-corrected chi connectivity index (χ1v) is 8.58. The molecule has 1 unspecified atom stereocenters. The minimum Gasteiger partial charge on any atom is -0.451 e. The van der Waals surface area contributed by atoms with E-state index in [2.05, 4.69) is 10.3 Å². The van der Waals surface area contributed by atoms with Gasteiger partial charge in [-0.05, 0) is 37.3 Å². The molecule has 1 amide bonds. The molecular formula is C21H17N3O4. The predicted octanol–water partition coefficient (Wildman–Crippen LogP) is 3.45. The Morgan fingerprint density at radius 3 is 2.57 bits per heavy atom. The van der Waals surface area contributed by atoms with Crippen molar-refractivity contribution in [3.05, 3.63) is 65.9 Å². The van der Waals surface area contributed by atoms with Gasteiger partial charge in [-0.1, -0.05) is 18.2 Å². The number of ketones is 1. The van der Waals surface area contributed by atoms with Gasteiger partial charge < -0.3 is 15.0 Å². The smallest absolute Gasteiger partial charge is 0.338 e. The summed E-state index contributed by atoms with van der Waals surface area (Å²) in [5, 5.41) is 11.8. The summed E-state index contributed by atoms with van der Waals surface area (Å²) in [5.41, 5.74) is 2.00. The zero-order chi connectivity index (χ0) is 20.1. The predicted molar refractivity (Wildman–Crippen MR) is 103 cm³/mol. The molecule has 1 heterocycles. The molecule has 7 heteroatoms. The summed E-state index contributed by atoms with van der Waals surface area (Å²) in [6, 6.07) is 15.1. The Hall–Kier alpha value is -3.92. The minimum absolute atomic E-state index is 0.247. The zero-order valence-electron chi connectivity index (χ0n) is 15.1. The van der Waals surface area contributed by atoms with E-state index in [4.69, 9.17) is 10.00 Å². The maximum absolute atomic E-state index is 12.7. The van der Waals surface area contributed by atoms with E-state index >= 15 is 0 Å². The second-order valence-electron chi connectivity index (χ2n) is 6.12. The summed E-state index contributed by atoms with van der Waals surface area (Å²) in [5.74, 6) is -1.38. The highest BCUT2D eigenvalue weighted by Crippen LogP contribution is 2.20. The van der Waals surface area contributed by atoms with E-state index in [-0.39, 0.29) is 17.8 Å². The number of Topliss-reactive ketones (excluding diaryl/α,β-unsaturated/α-hetero) is 1. The number of nitriles is 1. The number of H-pyrrole nitrogens is 1. The molecule has 140 valence electrons. The molecule has 28 heavy (non-hydrogen) atoms. The summed E-state index contributed by atoms with van der Waals surface area (Å²) in [7, 11) is 0. The molecule has 2 aromatic carbocycles. The van der Waals surface area contributed by atoms with E-state index in [1.807, 2.05) is 24.3 Å². The molecule has 0 fully saturated rings. The number of para-hydroxylation sites is 1. The van der Waals surface area contributed by atoms with Crippen molar-refractivity contribution in [1.29, 1.82) is 5.26 Å². The van der Waals surface area contributed by atoms with Gasteiger partial charge in [0.25, 0.3) is 0 Å². The van der Waals surface area contributed by atoms with Crippen LogP contribution in [0.4, 0.5) is 5.69 Å². The number of nitrogens with one attached hydrogen (secondary N) is 2. The van der Waals surface area contributed by atoms with E-state index in [0.29, 0.717) is 11.3 Å². The average molecular weight is 375 g/mol. The third kappa shape index (κ3) is 4.07. The number of esters is 1. The Morgan fingerprint density at radius 2 is 1.86 bits per heavy atom. The number of fused-ring (bicyclic) bond motifs is 1. The van der Waals surface area contributed by atoms with Crippen LogP contribution in [0.3, 0.4) is 0 Å². The van der Waals surface area contributed by atoms with Crippen LogP contribution in [-0.4, -0.2) is 28.7 Å². The molecule has 0 spiro atoms. The quantitative estimate of drug-likeness (QED) is 0.506. The molecular weight excluding hydrogens is 358 g/mol. The lowest BCUT2D eigenvalue weighted by Gasteiger charge is -2.12. The number of aromatic amines is 1. The molecule has 3 rings (SSSR count). The Morgan fingerprint density at radius 1 is 1.14 bits per heavy atom. The van der Waals surface area contributed by atoms with Gasteiger partial charge in [-0.25, -0.2) is 4.79 Å². The molecule has 2 N–H and O–H groups in total. The first kappa shape index (κ1) is 18.9. The van der Waals surface area contributed by atoms with Crippen molar-refractivity contribution in [1.82, 2.24) is 4.98 Å². The van der Waals surface area contributed by atoms with Crippen LogP contribution >= 0.6 is 0 Å². The molecule has 0 aliphatic rings. The third-order valence-electron chi connectivity index (χ3n) is 4.15. The SMILES string of the molecule is CC(OC(=O)c1ccc(NC(=O)CC#N)cc1)C(=O)c1c[nH]c2ccccc12. The fourth-order valence-electron chi connectivity index (χ4n) is 2.74. The molecule has 0 radical (unpaired) electrons. The molecule has 0 aliphatic heterocycles. The minimum atomic E-state index is -0.957. The van der Waals surface area contributed by atoms with Crippen LogP contribution in [0, 0.1) is 11.3 Å². The molecule has 0 aliphatic carbocycles. The molecule has 0 bridgehead atoms. The maximum atomic E-state index is 12.7. The van der Waals surface area contributed by atoms with E-state index in [1.165, 1.54) is 31.2 Å². The van der Waals surface area contributed by atoms with Gasteiger partial charge in [0.2, 0.25) is 11.7 Å². The number of amides is 1. The van der Waals surface area contributed by atoms with Gasteiger partial charge in [0.1, 0.15) is 6.42 Å². The second kappa shape index (κ2) is 8.18. The van der Waals surface area contributed by atoms with Gasteiger partial charge in [-0.2, -0.15) is 5.26 Å². The Balaban J connectivity index is 1.66. The number of carbonyl (C=O) groups excluding carboxylic acids is 3. The van der Waals surface area contributed by atoms with Crippen molar-refractivity contribution in [2.45, 2.75) is 19.4 Å². The fraction of sp³-hybridized carbons (Fsp3) is 0.143. The van der Waals surface area contributed by atoms with Crippen molar-refractivity contribution in [3.8, 4) is 6.07 Å². The fourth-order valence-corrected chi connectivity index (χ4v) is 2.74. The van der Waals surface area contributed by atoms with Gasteiger partial charge in [-0.3, -0.25) is 9.59 Å². The van der Waals surface area contributed by atoms with Crippen LogP contribution in [0.2, 0.25) is 0 Å². The highest BCUT2D eigenvalue weighted by Gasteiger charge is 2.22. The molecule has 0 saturated carbocycles. The highest BCUT2D eigenvalue weighted by molar-refractivity contribution is 6.10. The van der Waals surface area contributed by atoms with Crippen LogP contribution in [0.1, 0.15) is 34.1 Å².